The number of nitrogens with two attached hydrogens (primary N) is 1. The average molecular weight is 378 g/mol. The molecule has 0 saturated carbocycles. The third-order valence-corrected chi connectivity index (χ3v) is 4.90. The zero-order valence-corrected chi connectivity index (χ0v) is 16.7. The van der Waals surface area contributed by atoms with Crippen molar-refractivity contribution in [3.63, 3.8) is 0 Å². The number of oxazole rings is 1. The van der Waals surface area contributed by atoms with E-state index in [1.165, 1.54) is 0 Å². The molecule has 0 amide bonds. The Kier molecular flexibility index (Phi) is 5.74. The van der Waals surface area contributed by atoms with E-state index in [4.69, 9.17) is 19.9 Å². The van der Waals surface area contributed by atoms with Crippen LogP contribution in [0.5, 0.6) is 0 Å². The lowest BCUT2D eigenvalue weighted by molar-refractivity contribution is 0.122. The summed E-state index contributed by atoms with van der Waals surface area (Å²) in [6, 6.07) is 4.17. The van der Waals surface area contributed by atoms with Crippen molar-refractivity contribution >= 4 is 23.3 Å². The van der Waals surface area contributed by atoms with Crippen LogP contribution in [-0.4, -0.2) is 41.9 Å². The summed E-state index contributed by atoms with van der Waals surface area (Å²) in [5.41, 5.74) is 8.59. The topological polar surface area (TPSA) is 89.4 Å². The Morgan fingerprint density at radius 1 is 1.23 bits per heavy atom. The predicted molar refractivity (Wildman–Crippen MR) is 105 cm³/mol. The zero-order valence-electron chi connectivity index (χ0n) is 15.8. The maximum atomic E-state index is 6.12. The lowest BCUT2D eigenvalue weighted by Gasteiger charge is -2.30. The van der Waals surface area contributed by atoms with Gasteiger partial charge in [0, 0.05) is 30.6 Å². The van der Waals surface area contributed by atoms with Crippen LogP contribution < -0.4 is 16.0 Å². The molecule has 3 N–H and O–H groups in total. The van der Waals surface area contributed by atoms with Crippen LogP contribution in [0.15, 0.2) is 21.8 Å². The van der Waals surface area contributed by atoms with E-state index < -0.39 is 5.66 Å². The van der Waals surface area contributed by atoms with Gasteiger partial charge in [-0.15, -0.1) is 0 Å². The van der Waals surface area contributed by atoms with Crippen LogP contribution in [0, 0.1) is 13.8 Å². The first-order valence-corrected chi connectivity index (χ1v) is 9.76. The number of ether oxygens (including phenoxy) is 1. The van der Waals surface area contributed by atoms with Crippen LogP contribution in [-0.2, 0) is 10.5 Å². The number of rotatable bonds is 6. The summed E-state index contributed by atoms with van der Waals surface area (Å²) in [5.74, 6) is 2.31. The highest BCUT2D eigenvalue weighted by molar-refractivity contribution is 7.98. The zero-order chi connectivity index (χ0) is 18.7. The van der Waals surface area contributed by atoms with Crippen molar-refractivity contribution in [2.45, 2.75) is 44.3 Å². The molecule has 0 radical (unpaired) electrons. The molecule has 7 nitrogen and oxygen atoms in total. The minimum Gasteiger partial charge on any atom is -0.437 e. The minimum atomic E-state index is -0.544. The first-order chi connectivity index (χ1) is 12.3. The lowest BCUT2D eigenvalue weighted by atomic mass is 10.2. The summed E-state index contributed by atoms with van der Waals surface area (Å²) in [4.78, 5) is 11.5. The molecule has 0 aliphatic carbocycles. The first kappa shape index (κ1) is 19.0. The Hall–Kier alpha value is -1.77. The number of thioether (sulfide) groups is 1. The molecule has 2 aromatic heterocycles. The number of aryl methyl sites for hydroxylation is 2. The molecule has 3 heterocycles. The molecule has 2 aromatic rings. The Bertz CT molecular complexity index is 731. The number of morpholine rings is 1. The molecule has 8 heteroatoms. The van der Waals surface area contributed by atoms with Gasteiger partial charge in [-0.2, -0.15) is 0 Å². The molecule has 1 aliphatic rings. The van der Waals surface area contributed by atoms with Gasteiger partial charge in [0.1, 0.15) is 11.6 Å². The predicted octanol–water partition coefficient (Wildman–Crippen LogP) is 2.92. The van der Waals surface area contributed by atoms with Crippen molar-refractivity contribution in [1.29, 1.82) is 0 Å². The fourth-order valence-corrected chi connectivity index (χ4v) is 3.49. The van der Waals surface area contributed by atoms with E-state index in [2.05, 4.69) is 21.3 Å². The van der Waals surface area contributed by atoms with E-state index in [0.717, 1.165) is 55.0 Å². The number of anilines is 2. The van der Waals surface area contributed by atoms with Gasteiger partial charge in [0.25, 0.3) is 5.22 Å². The number of pyridine rings is 1. The number of hydrogen-bond donors (Lipinski definition) is 2. The number of hydrogen-bond acceptors (Lipinski definition) is 8. The Morgan fingerprint density at radius 2 is 1.96 bits per heavy atom. The molecule has 1 saturated heterocycles. The molecular weight excluding hydrogens is 350 g/mol. The van der Waals surface area contributed by atoms with Crippen molar-refractivity contribution in [1.82, 2.24) is 9.97 Å². The summed E-state index contributed by atoms with van der Waals surface area (Å²) in [6.07, 6.45) is 0. The van der Waals surface area contributed by atoms with Crippen molar-refractivity contribution in [3.8, 4) is 0 Å². The molecule has 26 heavy (non-hydrogen) atoms. The van der Waals surface area contributed by atoms with Crippen LogP contribution in [0.2, 0.25) is 0 Å². The second kappa shape index (κ2) is 7.85. The molecule has 0 aromatic carbocycles. The van der Waals surface area contributed by atoms with E-state index in [0.29, 0.717) is 11.0 Å². The number of nitrogens with one attached hydrogen (secondary N) is 1. The van der Waals surface area contributed by atoms with Crippen molar-refractivity contribution in [3.05, 3.63) is 29.3 Å². The van der Waals surface area contributed by atoms with Gasteiger partial charge in [0.05, 0.1) is 30.3 Å². The van der Waals surface area contributed by atoms with Crippen LogP contribution in [0.3, 0.4) is 0 Å². The fourth-order valence-electron chi connectivity index (χ4n) is 2.68. The van der Waals surface area contributed by atoms with Crippen molar-refractivity contribution in [2.24, 2.45) is 5.73 Å². The summed E-state index contributed by atoms with van der Waals surface area (Å²) < 4.78 is 11.1. The van der Waals surface area contributed by atoms with Crippen LogP contribution in [0.1, 0.15) is 31.0 Å². The largest absolute Gasteiger partial charge is 0.437 e. The maximum absolute atomic E-state index is 6.12. The SMILES string of the molecule is Cc1nc(SCc2cc(N3CCOCC3)cc(NC(C)(C)N)n2)oc1C. The maximum Gasteiger partial charge on any atom is 0.256 e. The summed E-state index contributed by atoms with van der Waals surface area (Å²) in [6.45, 7) is 10.9. The van der Waals surface area contributed by atoms with Gasteiger partial charge in [-0.3, -0.25) is 0 Å². The second-order valence-corrected chi connectivity index (χ2v) is 7.98. The van der Waals surface area contributed by atoms with Crippen LogP contribution in [0.25, 0.3) is 0 Å². The molecule has 0 bridgehead atoms. The lowest BCUT2D eigenvalue weighted by Crippen LogP contribution is -2.41. The highest BCUT2D eigenvalue weighted by atomic mass is 32.2. The molecule has 0 unspecified atom stereocenters. The quantitative estimate of drug-likeness (QED) is 0.587. The van der Waals surface area contributed by atoms with Crippen molar-refractivity contribution < 1.29 is 9.15 Å². The molecule has 142 valence electrons. The van der Waals surface area contributed by atoms with Gasteiger partial charge >= 0.3 is 0 Å². The highest BCUT2D eigenvalue weighted by Gasteiger charge is 2.17. The molecule has 3 rings (SSSR count). The monoisotopic (exact) mass is 377 g/mol. The van der Waals surface area contributed by atoms with Gasteiger partial charge < -0.3 is 25.1 Å². The highest BCUT2D eigenvalue weighted by Crippen LogP contribution is 2.27. The molecule has 1 fully saturated rings. The standard InChI is InChI=1S/C18H27N5O2S/c1-12-13(2)25-17(20-12)26-11-14-9-15(23-5-7-24-8-6-23)10-16(21-14)22-18(3,4)19/h9-10H,5-8,11,19H2,1-4H3,(H,21,22). The minimum absolute atomic E-state index is 0.544. The van der Waals surface area contributed by atoms with Gasteiger partial charge in [0.15, 0.2) is 0 Å². The van der Waals surface area contributed by atoms with E-state index in [1.54, 1.807) is 11.8 Å². The van der Waals surface area contributed by atoms with E-state index in [9.17, 15) is 0 Å². The number of aromatic nitrogens is 2. The summed E-state index contributed by atoms with van der Waals surface area (Å²) >= 11 is 1.55. The third kappa shape index (κ3) is 5.12. The first-order valence-electron chi connectivity index (χ1n) is 8.78. The average Bonchev–Trinajstić information content (AvgIpc) is 2.90. The smallest absolute Gasteiger partial charge is 0.256 e. The fraction of sp³-hybridized carbons (Fsp3) is 0.556. The van der Waals surface area contributed by atoms with E-state index in [1.807, 2.05) is 33.8 Å². The molecule has 0 spiro atoms. The van der Waals surface area contributed by atoms with Gasteiger partial charge in [-0.25, -0.2) is 9.97 Å². The second-order valence-electron chi connectivity index (χ2n) is 7.06. The van der Waals surface area contributed by atoms with Crippen LogP contribution >= 0.6 is 11.8 Å². The summed E-state index contributed by atoms with van der Waals surface area (Å²) in [5, 5.41) is 3.95. The Morgan fingerprint density at radius 3 is 2.58 bits per heavy atom. The normalized spacial score (nSPS) is 15.3. The number of nitrogens with zero attached hydrogens (tertiary/aromatic N) is 3. The Labute approximate surface area is 158 Å². The van der Waals surface area contributed by atoms with E-state index in [-0.39, 0.29) is 0 Å². The van der Waals surface area contributed by atoms with Gasteiger partial charge in [-0.05, 0) is 33.8 Å². The molecule has 0 atom stereocenters. The Balaban J connectivity index is 1.80. The van der Waals surface area contributed by atoms with Crippen LogP contribution in [0.4, 0.5) is 11.5 Å². The van der Waals surface area contributed by atoms with E-state index >= 15 is 0 Å². The summed E-state index contributed by atoms with van der Waals surface area (Å²) in [7, 11) is 0. The van der Waals surface area contributed by atoms with Gasteiger partial charge in [0.2, 0.25) is 0 Å². The van der Waals surface area contributed by atoms with Crippen molar-refractivity contribution in [2.75, 3.05) is 36.5 Å². The van der Waals surface area contributed by atoms with Gasteiger partial charge in [-0.1, -0.05) is 11.8 Å². The third-order valence-electron chi connectivity index (χ3n) is 4.04. The molecule has 1 aliphatic heterocycles. The molecular formula is C18H27N5O2S.